The van der Waals surface area contributed by atoms with Gasteiger partial charge in [-0.2, -0.15) is 4.98 Å². The van der Waals surface area contributed by atoms with E-state index in [1.54, 1.807) is 4.90 Å². The van der Waals surface area contributed by atoms with E-state index >= 15 is 0 Å². The lowest BCUT2D eigenvalue weighted by atomic mass is 10.1. The Morgan fingerprint density at radius 3 is 2.62 bits per heavy atom. The van der Waals surface area contributed by atoms with Crippen LogP contribution in [0.25, 0.3) is 0 Å². The molecule has 0 saturated carbocycles. The van der Waals surface area contributed by atoms with Gasteiger partial charge in [-0.15, -0.1) is 0 Å². The number of amides is 1. The van der Waals surface area contributed by atoms with E-state index in [4.69, 9.17) is 4.74 Å². The molecular formula is C19H32N6O4. The lowest BCUT2D eigenvalue weighted by molar-refractivity contribution is -0.384. The molecule has 1 aromatic heterocycles. The molecule has 1 fully saturated rings. The minimum atomic E-state index is -0.541. The largest absolute Gasteiger partial charge is 0.444 e. The Morgan fingerprint density at radius 2 is 2.03 bits per heavy atom. The number of rotatable bonds is 6. The Morgan fingerprint density at radius 1 is 1.34 bits per heavy atom. The van der Waals surface area contributed by atoms with Gasteiger partial charge in [-0.3, -0.25) is 10.1 Å². The molecule has 1 unspecified atom stereocenters. The van der Waals surface area contributed by atoms with Crippen molar-refractivity contribution in [1.29, 1.82) is 0 Å². The van der Waals surface area contributed by atoms with Crippen LogP contribution in [0.2, 0.25) is 0 Å². The fourth-order valence-corrected chi connectivity index (χ4v) is 3.09. The van der Waals surface area contributed by atoms with E-state index in [1.807, 2.05) is 41.5 Å². The second-order valence-electron chi connectivity index (χ2n) is 9.24. The number of carbonyl (C=O) groups is 1. The van der Waals surface area contributed by atoms with Crippen LogP contribution in [0.3, 0.4) is 0 Å². The molecule has 1 aromatic rings. The van der Waals surface area contributed by atoms with Crippen LogP contribution in [0.4, 0.5) is 22.2 Å². The second-order valence-corrected chi connectivity index (χ2v) is 9.24. The van der Waals surface area contributed by atoms with Gasteiger partial charge in [0.25, 0.3) is 0 Å². The highest BCUT2D eigenvalue weighted by Crippen LogP contribution is 2.25. The van der Waals surface area contributed by atoms with Crippen molar-refractivity contribution in [2.75, 3.05) is 23.7 Å². The number of nitro groups is 1. The molecule has 2 N–H and O–H groups in total. The molecule has 2 rings (SSSR count). The monoisotopic (exact) mass is 408 g/mol. The molecule has 1 aliphatic heterocycles. The Balaban J connectivity index is 2.02. The van der Waals surface area contributed by atoms with Gasteiger partial charge < -0.3 is 20.3 Å². The van der Waals surface area contributed by atoms with E-state index in [0.717, 1.165) is 12.8 Å². The maximum absolute atomic E-state index is 12.4. The van der Waals surface area contributed by atoms with Gasteiger partial charge in [0.05, 0.1) is 4.92 Å². The fraction of sp³-hybridized carbons (Fsp3) is 0.737. The minimum absolute atomic E-state index is 0.0328. The summed E-state index contributed by atoms with van der Waals surface area (Å²) in [5.41, 5.74) is -0.994. The lowest BCUT2D eigenvalue weighted by Crippen LogP contribution is -2.40. The maximum atomic E-state index is 12.4. The van der Waals surface area contributed by atoms with Gasteiger partial charge in [-0.05, 0) is 60.8 Å². The number of likely N-dealkylation sites (tertiary alicyclic amines) is 1. The molecule has 0 radical (unpaired) electrons. The van der Waals surface area contributed by atoms with Gasteiger partial charge >= 0.3 is 11.8 Å². The number of nitrogens with one attached hydrogen (secondary N) is 2. The molecule has 1 aliphatic rings. The number of hydrogen-bond donors (Lipinski definition) is 2. The Bertz CT molecular complexity index is 741. The summed E-state index contributed by atoms with van der Waals surface area (Å²) in [4.78, 5) is 33.2. The molecule has 0 bridgehead atoms. The van der Waals surface area contributed by atoms with Gasteiger partial charge in [-0.25, -0.2) is 9.78 Å². The van der Waals surface area contributed by atoms with Crippen LogP contribution in [0, 0.1) is 10.1 Å². The quantitative estimate of drug-likeness (QED) is 0.538. The maximum Gasteiger partial charge on any atom is 0.410 e. The molecule has 0 spiro atoms. The van der Waals surface area contributed by atoms with Crippen LogP contribution in [0.1, 0.15) is 60.8 Å². The zero-order chi connectivity index (χ0) is 21.8. The smallest absolute Gasteiger partial charge is 0.410 e. The Hall–Kier alpha value is -2.65. The zero-order valence-corrected chi connectivity index (χ0v) is 18.1. The van der Waals surface area contributed by atoms with E-state index in [2.05, 4.69) is 20.6 Å². The molecule has 10 nitrogen and oxygen atoms in total. The molecule has 1 saturated heterocycles. The van der Waals surface area contributed by atoms with Crippen LogP contribution in [0.15, 0.2) is 6.20 Å². The van der Waals surface area contributed by atoms with Gasteiger partial charge in [0.1, 0.15) is 11.8 Å². The molecule has 0 aliphatic carbocycles. The number of ether oxygens (including phenoxy) is 1. The third kappa shape index (κ3) is 7.03. The first kappa shape index (κ1) is 22.6. The van der Waals surface area contributed by atoms with E-state index in [1.165, 1.54) is 6.20 Å². The van der Waals surface area contributed by atoms with Crippen molar-refractivity contribution >= 4 is 23.5 Å². The second kappa shape index (κ2) is 8.79. The number of aromatic nitrogens is 2. The number of nitrogens with zero attached hydrogens (tertiary/aromatic N) is 4. The molecule has 29 heavy (non-hydrogen) atoms. The summed E-state index contributed by atoms with van der Waals surface area (Å²) in [6.45, 7) is 12.5. The summed E-state index contributed by atoms with van der Waals surface area (Å²) in [5, 5.41) is 17.5. The van der Waals surface area contributed by atoms with Gasteiger partial charge in [0, 0.05) is 24.7 Å². The van der Waals surface area contributed by atoms with Crippen molar-refractivity contribution in [3.63, 3.8) is 0 Å². The number of anilines is 2. The van der Waals surface area contributed by atoms with Crippen molar-refractivity contribution < 1.29 is 14.5 Å². The van der Waals surface area contributed by atoms with Gasteiger partial charge in [0.15, 0.2) is 0 Å². The highest BCUT2D eigenvalue weighted by atomic mass is 16.6. The Kier molecular flexibility index (Phi) is 6.86. The molecular weight excluding hydrogens is 376 g/mol. The topological polar surface area (TPSA) is 123 Å². The predicted octanol–water partition coefficient (Wildman–Crippen LogP) is 3.80. The average molecular weight is 409 g/mol. The van der Waals surface area contributed by atoms with Crippen molar-refractivity contribution in [2.45, 2.75) is 78.0 Å². The minimum Gasteiger partial charge on any atom is -0.444 e. The summed E-state index contributed by atoms with van der Waals surface area (Å²) >= 11 is 0. The molecule has 2 heterocycles. The van der Waals surface area contributed by atoms with Crippen molar-refractivity contribution in [3.05, 3.63) is 16.3 Å². The molecule has 1 amide bonds. The van der Waals surface area contributed by atoms with E-state index in [0.29, 0.717) is 25.5 Å². The van der Waals surface area contributed by atoms with E-state index in [-0.39, 0.29) is 29.2 Å². The first-order valence-electron chi connectivity index (χ1n) is 9.89. The fourth-order valence-electron chi connectivity index (χ4n) is 3.09. The SMILES string of the molecule is CC(C)(C)Nc1ncc([N+](=O)[O-])c(NCCC2CCCN2C(=O)OC(C)(C)C)n1. The highest BCUT2D eigenvalue weighted by molar-refractivity contribution is 5.69. The van der Waals surface area contributed by atoms with Crippen molar-refractivity contribution in [2.24, 2.45) is 0 Å². The lowest BCUT2D eigenvalue weighted by Gasteiger charge is -2.28. The van der Waals surface area contributed by atoms with Crippen LogP contribution < -0.4 is 10.6 Å². The zero-order valence-electron chi connectivity index (χ0n) is 18.1. The summed E-state index contributed by atoms with van der Waals surface area (Å²) < 4.78 is 5.48. The van der Waals surface area contributed by atoms with Gasteiger partial charge in [-0.1, -0.05) is 0 Å². The van der Waals surface area contributed by atoms with Crippen LogP contribution in [-0.2, 0) is 4.74 Å². The number of carbonyl (C=O) groups excluding carboxylic acids is 1. The average Bonchev–Trinajstić information content (AvgIpc) is 3.00. The van der Waals surface area contributed by atoms with Crippen LogP contribution >= 0.6 is 0 Å². The third-order valence-electron chi connectivity index (χ3n) is 4.23. The van der Waals surface area contributed by atoms with Gasteiger partial charge in [0.2, 0.25) is 11.8 Å². The third-order valence-corrected chi connectivity index (χ3v) is 4.23. The van der Waals surface area contributed by atoms with Crippen molar-refractivity contribution in [1.82, 2.24) is 14.9 Å². The normalized spacial score (nSPS) is 17.2. The highest BCUT2D eigenvalue weighted by Gasteiger charge is 2.32. The molecule has 10 heteroatoms. The summed E-state index contributed by atoms with van der Waals surface area (Å²) in [6, 6.07) is 0.0328. The summed E-state index contributed by atoms with van der Waals surface area (Å²) in [6.07, 6.45) is 3.32. The molecule has 1 atom stereocenters. The Labute approximate surface area is 171 Å². The predicted molar refractivity (Wildman–Crippen MR) is 111 cm³/mol. The summed E-state index contributed by atoms with van der Waals surface area (Å²) in [7, 11) is 0. The van der Waals surface area contributed by atoms with Crippen molar-refractivity contribution in [3.8, 4) is 0 Å². The first-order chi connectivity index (χ1) is 13.4. The van der Waals surface area contributed by atoms with Crippen LogP contribution in [-0.4, -0.2) is 56.2 Å². The number of hydrogen-bond acceptors (Lipinski definition) is 8. The standard InChI is InChI=1S/C19H32N6O4/c1-18(2,3)23-16-21-12-14(25(27)28)15(22-16)20-10-9-13-8-7-11-24(13)17(26)29-19(4,5)6/h12-13H,7-11H2,1-6H3,(H2,20,21,22,23). The summed E-state index contributed by atoms with van der Waals surface area (Å²) in [5.74, 6) is 0.486. The van der Waals surface area contributed by atoms with E-state index < -0.39 is 10.5 Å². The molecule has 162 valence electrons. The molecule has 0 aromatic carbocycles. The first-order valence-corrected chi connectivity index (χ1v) is 9.89. The van der Waals surface area contributed by atoms with E-state index in [9.17, 15) is 14.9 Å². The van der Waals surface area contributed by atoms with Crippen LogP contribution in [0.5, 0.6) is 0 Å².